The molecule has 0 fully saturated rings. The Balaban J connectivity index is 3.14. The Hall–Kier alpha value is -0.620. The van der Waals surface area contributed by atoms with Crippen LogP contribution in [0, 0.1) is 0 Å². The lowest BCUT2D eigenvalue weighted by atomic mass is 10.1. The fourth-order valence-electron chi connectivity index (χ4n) is 0.955. The van der Waals surface area contributed by atoms with Gasteiger partial charge in [0, 0.05) is 10.7 Å². The Morgan fingerprint density at radius 1 is 1.36 bits per heavy atom. The summed E-state index contributed by atoms with van der Waals surface area (Å²) >= 11 is 0. The summed E-state index contributed by atoms with van der Waals surface area (Å²) in [7, 11) is 1.39. The van der Waals surface area contributed by atoms with Crippen molar-refractivity contribution in [3.8, 4) is 0 Å². The SMILES string of the molecule is CC(N)(O)c1ccc(S(=O)(=O)Cl)cc1. The lowest BCUT2D eigenvalue weighted by Crippen LogP contribution is -2.32. The molecule has 1 aromatic rings. The summed E-state index contributed by atoms with van der Waals surface area (Å²) in [6, 6.07) is 5.41. The maximum absolute atomic E-state index is 10.9. The molecule has 0 aliphatic carbocycles. The highest BCUT2D eigenvalue weighted by Gasteiger charge is 2.17. The third-order valence-corrected chi connectivity index (χ3v) is 3.09. The fraction of sp³-hybridized carbons (Fsp3) is 0.250. The molecule has 1 rings (SSSR count). The minimum atomic E-state index is -3.72. The third-order valence-electron chi connectivity index (χ3n) is 1.72. The van der Waals surface area contributed by atoms with Gasteiger partial charge in [0.05, 0.1) is 4.90 Å². The van der Waals surface area contributed by atoms with E-state index in [0.717, 1.165) is 0 Å². The van der Waals surface area contributed by atoms with Crippen LogP contribution in [0.15, 0.2) is 29.2 Å². The second-order valence-corrected chi connectivity index (χ2v) is 5.68. The van der Waals surface area contributed by atoms with Crippen molar-refractivity contribution in [2.24, 2.45) is 5.73 Å². The molecule has 0 amide bonds. The number of hydrogen-bond acceptors (Lipinski definition) is 4. The van der Waals surface area contributed by atoms with Crippen LogP contribution in [0.25, 0.3) is 0 Å². The van der Waals surface area contributed by atoms with Crippen molar-refractivity contribution in [3.05, 3.63) is 29.8 Å². The molecule has 0 saturated carbocycles. The summed E-state index contributed by atoms with van der Waals surface area (Å²) in [4.78, 5) is -0.0211. The lowest BCUT2D eigenvalue weighted by molar-refractivity contribution is 0.0646. The minimum Gasteiger partial charge on any atom is -0.372 e. The van der Waals surface area contributed by atoms with E-state index in [1.165, 1.54) is 31.2 Å². The summed E-state index contributed by atoms with van der Waals surface area (Å²) in [5, 5.41) is 9.38. The van der Waals surface area contributed by atoms with E-state index in [9.17, 15) is 13.5 Å². The summed E-state index contributed by atoms with van der Waals surface area (Å²) < 4.78 is 21.7. The zero-order valence-electron chi connectivity index (χ0n) is 7.44. The topological polar surface area (TPSA) is 80.4 Å². The van der Waals surface area contributed by atoms with Gasteiger partial charge in [-0.15, -0.1) is 0 Å². The third kappa shape index (κ3) is 2.68. The first-order valence-corrected chi connectivity index (χ1v) is 6.08. The van der Waals surface area contributed by atoms with Gasteiger partial charge in [0.2, 0.25) is 0 Å². The van der Waals surface area contributed by atoms with Crippen molar-refractivity contribution in [2.45, 2.75) is 17.5 Å². The molecule has 1 unspecified atom stereocenters. The van der Waals surface area contributed by atoms with Gasteiger partial charge in [-0.1, -0.05) is 12.1 Å². The van der Waals surface area contributed by atoms with Crippen molar-refractivity contribution in [1.29, 1.82) is 0 Å². The van der Waals surface area contributed by atoms with Gasteiger partial charge in [-0.05, 0) is 24.6 Å². The summed E-state index contributed by atoms with van der Waals surface area (Å²) in [6.45, 7) is 1.40. The Morgan fingerprint density at radius 2 is 1.79 bits per heavy atom. The zero-order chi connectivity index (χ0) is 11.0. The molecular weight excluding hydrogens is 226 g/mol. The lowest BCUT2D eigenvalue weighted by Gasteiger charge is -2.17. The average molecular weight is 236 g/mol. The molecule has 3 N–H and O–H groups in total. The van der Waals surface area contributed by atoms with Crippen molar-refractivity contribution in [1.82, 2.24) is 0 Å². The first kappa shape index (κ1) is 11.5. The van der Waals surface area contributed by atoms with Crippen LogP contribution in [0.5, 0.6) is 0 Å². The van der Waals surface area contributed by atoms with E-state index in [4.69, 9.17) is 16.4 Å². The van der Waals surface area contributed by atoms with Crippen LogP contribution < -0.4 is 5.73 Å². The Kier molecular flexibility index (Phi) is 2.87. The Morgan fingerprint density at radius 3 is 2.07 bits per heavy atom. The van der Waals surface area contributed by atoms with Gasteiger partial charge in [-0.25, -0.2) is 8.42 Å². The van der Waals surface area contributed by atoms with Gasteiger partial charge < -0.3 is 10.8 Å². The van der Waals surface area contributed by atoms with E-state index in [-0.39, 0.29) is 4.90 Å². The maximum Gasteiger partial charge on any atom is 0.261 e. The molecule has 1 atom stereocenters. The molecule has 0 radical (unpaired) electrons. The smallest absolute Gasteiger partial charge is 0.261 e. The van der Waals surface area contributed by atoms with Crippen LogP contribution in [0.4, 0.5) is 0 Å². The van der Waals surface area contributed by atoms with Gasteiger partial charge in [0.15, 0.2) is 0 Å². The second kappa shape index (κ2) is 3.51. The van der Waals surface area contributed by atoms with Gasteiger partial charge >= 0.3 is 0 Å². The molecule has 0 saturated heterocycles. The predicted molar refractivity (Wildman–Crippen MR) is 53.2 cm³/mol. The molecule has 6 heteroatoms. The number of rotatable bonds is 2. The van der Waals surface area contributed by atoms with Crippen LogP contribution in [-0.4, -0.2) is 13.5 Å². The fourth-order valence-corrected chi connectivity index (χ4v) is 1.72. The number of nitrogens with two attached hydrogens (primary N) is 1. The molecular formula is C8H10ClNO3S. The van der Waals surface area contributed by atoms with Crippen LogP contribution in [0.3, 0.4) is 0 Å². The van der Waals surface area contributed by atoms with E-state index in [1.807, 2.05) is 0 Å². The highest BCUT2D eigenvalue weighted by Crippen LogP contribution is 2.19. The van der Waals surface area contributed by atoms with Gasteiger partial charge in [-0.2, -0.15) is 0 Å². The van der Waals surface area contributed by atoms with Crippen LogP contribution in [0.1, 0.15) is 12.5 Å². The van der Waals surface area contributed by atoms with Gasteiger partial charge in [-0.3, -0.25) is 0 Å². The van der Waals surface area contributed by atoms with Crippen LogP contribution >= 0.6 is 10.7 Å². The number of hydrogen-bond donors (Lipinski definition) is 2. The molecule has 78 valence electrons. The van der Waals surface area contributed by atoms with E-state index in [1.54, 1.807) is 0 Å². The molecule has 14 heavy (non-hydrogen) atoms. The molecule has 0 aliphatic heterocycles. The molecule has 0 spiro atoms. The van der Waals surface area contributed by atoms with Crippen molar-refractivity contribution in [2.75, 3.05) is 0 Å². The standard InChI is InChI=1S/C8H10ClNO3S/c1-8(10,11)6-2-4-7(5-3-6)14(9,12)13/h2-5,11H,10H2,1H3. The normalized spacial score (nSPS) is 16.3. The molecule has 1 aromatic carbocycles. The largest absolute Gasteiger partial charge is 0.372 e. The van der Waals surface area contributed by atoms with Crippen LogP contribution in [-0.2, 0) is 14.8 Å². The summed E-state index contributed by atoms with van der Waals surface area (Å²) in [5.41, 5.74) is 4.33. The van der Waals surface area contributed by atoms with E-state index in [2.05, 4.69) is 0 Å². The summed E-state index contributed by atoms with van der Waals surface area (Å²) in [6.07, 6.45) is 0. The number of halogens is 1. The zero-order valence-corrected chi connectivity index (χ0v) is 9.01. The van der Waals surface area contributed by atoms with Gasteiger partial charge in [0.25, 0.3) is 9.05 Å². The van der Waals surface area contributed by atoms with E-state index in [0.29, 0.717) is 5.56 Å². The molecule has 4 nitrogen and oxygen atoms in total. The highest BCUT2D eigenvalue weighted by molar-refractivity contribution is 8.13. The predicted octanol–water partition coefficient (Wildman–Crippen LogP) is 0.738. The minimum absolute atomic E-state index is 0.0211. The Labute approximate surface area is 86.7 Å². The average Bonchev–Trinajstić information content (AvgIpc) is 2.01. The molecule has 0 heterocycles. The number of aliphatic hydroxyl groups is 1. The summed E-state index contributed by atoms with van der Waals surface area (Å²) in [5.74, 6) is 0. The first-order chi connectivity index (χ1) is 6.21. The maximum atomic E-state index is 10.9. The molecule has 0 bridgehead atoms. The van der Waals surface area contributed by atoms with E-state index < -0.39 is 14.8 Å². The first-order valence-electron chi connectivity index (χ1n) is 3.78. The number of benzene rings is 1. The van der Waals surface area contributed by atoms with E-state index >= 15 is 0 Å². The van der Waals surface area contributed by atoms with Crippen molar-refractivity contribution >= 4 is 19.7 Å². The van der Waals surface area contributed by atoms with Gasteiger partial charge in [0.1, 0.15) is 5.72 Å². The van der Waals surface area contributed by atoms with Crippen molar-refractivity contribution < 1.29 is 13.5 Å². The second-order valence-electron chi connectivity index (χ2n) is 3.11. The van der Waals surface area contributed by atoms with Crippen LogP contribution in [0.2, 0.25) is 0 Å². The highest BCUT2D eigenvalue weighted by atomic mass is 35.7. The quantitative estimate of drug-likeness (QED) is 0.585. The monoisotopic (exact) mass is 235 g/mol. The Bertz CT molecular complexity index is 419. The van der Waals surface area contributed by atoms with Crippen molar-refractivity contribution in [3.63, 3.8) is 0 Å². The molecule has 0 aliphatic rings. The molecule has 0 aromatic heterocycles.